The highest BCUT2D eigenvalue weighted by Crippen LogP contribution is 2.52. The summed E-state index contributed by atoms with van der Waals surface area (Å²) in [5.74, 6) is 2.37. The summed E-state index contributed by atoms with van der Waals surface area (Å²) in [5.41, 5.74) is 0.121. The number of thioether (sulfide) groups is 1. The first kappa shape index (κ1) is 14.1. The number of nitrogens with zero attached hydrogens (tertiary/aromatic N) is 2. The smallest absolute Gasteiger partial charge is 0.306 e. The lowest BCUT2D eigenvalue weighted by Gasteiger charge is -2.13. The third-order valence-corrected chi connectivity index (χ3v) is 4.56. The molecule has 0 saturated heterocycles. The fourth-order valence-electron chi connectivity index (χ4n) is 1.90. The molecule has 2 rings (SSSR count). The van der Waals surface area contributed by atoms with Gasteiger partial charge in [0.1, 0.15) is 16.7 Å². The highest BCUT2D eigenvalue weighted by Gasteiger charge is 2.44. The van der Waals surface area contributed by atoms with E-state index in [9.17, 15) is 4.79 Å². The first-order valence-corrected chi connectivity index (χ1v) is 7.28. The molecule has 0 aromatic carbocycles. The minimum atomic E-state index is -0.118. The molecular formula is C13H19N3O2S. The van der Waals surface area contributed by atoms with Crippen molar-refractivity contribution in [2.24, 2.45) is 5.41 Å². The van der Waals surface area contributed by atoms with Crippen LogP contribution in [0.5, 0.6) is 0 Å². The first-order valence-electron chi connectivity index (χ1n) is 6.30. The van der Waals surface area contributed by atoms with Gasteiger partial charge in [-0.1, -0.05) is 0 Å². The van der Waals surface area contributed by atoms with Crippen LogP contribution in [0.2, 0.25) is 0 Å². The number of ether oxygens (including phenoxy) is 1. The lowest BCUT2D eigenvalue weighted by atomic mass is 10.1. The maximum atomic E-state index is 11.4. The van der Waals surface area contributed by atoms with Crippen LogP contribution in [0.4, 0.5) is 5.82 Å². The summed E-state index contributed by atoms with van der Waals surface area (Å²) in [6.07, 6.45) is 2.70. The molecule has 5 nitrogen and oxygen atoms in total. The number of hydrogen-bond donors (Lipinski definition) is 1. The lowest BCUT2D eigenvalue weighted by Crippen LogP contribution is -2.13. The van der Waals surface area contributed by atoms with Crippen molar-refractivity contribution in [1.82, 2.24) is 9.97 Å². The van der Waals surface area contributed by atoms with Crippen molar-refractivity contribution in [3.05, 3.63) is 11.9 Å². The topological polar surface area (TPSA) is 64.1 Å². The van der Waals surface area contributed by atoms with Gasteiger partial charge in [-0.3, -0.25) is 4.79 Å². The summed E-state index contributed by atoms with van der Waals surface area (Å²) in [4.78, 5) is 20.0. The minimum absolute atomic E-state index is 0.118. The Morgan fingerprint density at radius 3 is 2.84 bits per heavy atom. The number of carbonyl (C=O) groups is 1. The van der Waals surface area contributed by atoms with E-state index in [-0.39, 0.29) is 11.4 Å². The second kappa shape index (κ2) is 5.77. The second-order valence-electron chi connectivity index (χ2n) is 4.93. The van der Waals surface area contributed by atoms with Gasteiger partial charge in [-0.25, -0.2) is 9.97 Å². The summed E-state index contributed by atoms with van der Waals surface area (Å²) in [5, 5.41) is 3.98. The molecule has 0 radical (unpaired) electrons. The SMILES string of the molecule is CNc1cc(SCC2(CC(=O)OC)CC2)nc(C)n1. The van der Waals surface area contributed by atoms with Crippen molar-refractivity contribution in [3.63, 3.8) is 0 Å². The number of aryl methyl sites for hydroxylation is 1. The molecule has 1 aliphatic carbocycles. The van der Waals surface area contributed by atoms with Crippen LogP contribution in [0.15, 0.2) is 11.1 Å². The predicted octanol–water partition coefficient (Wildman–Crippen LogP) is 2.26. The number of nitrogens with one attached hydrogen (secondary N) is 1. The Kier molecular flexibility index (Phi) is 4.29. The zero-order valence-electron chi connectivity index (χ0n) is 11.5. The number of aromatic nitrogens is 2. The van der Waals surface area contributed by atoms with E-state index in [0.29, 0.717) is 6.42 Å². The molecule has 0 aliphatic heterocycles. The predicted molar refractivity (Wildman–Crippen MR) is 75.3 cm³/mol. The third kappa shape index (κ3) is 3.83. The molecule has 1 aliphatic rings. The van der Waals surface area contributed by atoms with E-state index in [1.54, 1.807) is 11.8 Å². The highest BCUT2D eigenvalue weighted by molar-refractivity contribution is 7.99. The number of hydrogen-bond acceptors (Lipinski definition) is 6. The number of anilines is 1. The first-order chi connectivity index (χ1) is 9.07. The lowest BCUT2D eigenvalue weighted by molar-refractivity contribution is -0.141. The van der Waals surface area contributed by atoms with Crippen LogP contribution in [-0.4, -0.2) is 35.8 Å². The molecule has 0 amide bonds. The summed E-state index contributed by atoms with van der Waals surface area (Å²) < 4.78 is 4.75. The largest absolute Gasteiger partial charge is 0.469 e. The van der Waals surface area contributed by atoms with Crippen molar-refractivity contribution in [2.45, 2.75) is 31.2 Å². The fraction of sp³-hybridized carbons (Fsp3) is 0.615. The van der Waals surface area contributed by atoms with Gasteiger partial charge in [0.2, 0.25) is 0 Å². The molecule has 1 aromatic rings. The van der Waals surface area contributed by atoms with Gasteiger partial charge in [-0.15, -0.1) is 11.8 Å². The van der Waals surface area contributed by atoms with Crippen LogP contribution >= 0.6 is 11.8 Å². The number of methoxy groups -OCH3 is 1. The van der Waals surface area contributed by atoms with E-state index in [0.717, 1.165) is 35.3 Å². The standard InChI is InChI=1S/C13H19N3O2S/c1-9-15-10(14-2)6-11(16-9)19-8-13(4-5-13)7-12(17)18-3/h6H,4-5,7-8H2,1-3H3,(H,14,15,16). The Bertz CT molecular complexity index is 475. The average Bonchev–Trinajstić information content (AvgIpc) is 3.16. The summed E-state index contributed by atoms with van der Waals surface area (Å²) in [6.45, 7) is 1.88. The van der Waals surface area contributed by atoms with Gasteiger partial charge in [-0.05, 0) is 25.2 Å². The average molecular weight is 281 g/mol. The molecule has 1 aromatic heterocycles. The zero-order chi connectivity index (χ0) is 13.9. The van der Waals surface area contributed by atoms with Crippen molar-refractivity contribution in [3.8, 4) is 0 Å². The molecule has 0 atom stereocenters. The maximum absolute atomic E-state index is 11.4. The van der Waals surface area contributed by atoms with E-state index in [1.165, 1.54) is 7.11 Å². The Morgan fingerprint density at radius 1 is 1.53 bits per heavy atom. The summed E-state index contributed by atoms with van der Waals surface area (Å²) >= 11 is 1.69. The quantitative estimate of drug-likeness (QED) is 0.490. The Balaban J connectivity index is 1.95. The maximum Gasteiger partial charge on any atom is 0.306 e. The van der Waals surface area contributed by atoms with Gasteiger partial charge < -0.3 is 10.1 Å². The molecule has 0 bridgehead atoms. The van der Waals surface area contributed by atoms with E-state index >= 15 is 0 Å². The van der Waals surface area contributed by atoms with Crippen molar-refractivity contribution < 1.29 is 9.53 Å². The van der Waals surface area contributed by atoms with Gasteiger partial charge in [-0.2, -0.15) is 0 Å². The van der Waals surface area contributed by atoms with Crippen molar-refractivity contribution >= 4 is 23.5 Å². The molecule has 6 heteroatoms. The zero-order valence-corrected chi connectivity index (χ0v) is 12.3. The van der Waals surface area contributed by atoms with E-state index in [1.807, 2.05) is 20.0 Å². The summed E-state index contributed by atoms with van der Waals surface area (Å²) in [7, 11) is 3.29. The van der Waals surface area contributed by atoms with E-state index in [2.05, 4.69) is 15.3 Å². The molecule has 0 spiro atoms. The Labute approximate surface area is 117 Å². The van der Waals surface area contributed by atoms with Crippen LogP contribution < -0.4 is 5.32 Å². The fourth-order valence-corrected chi connectivity index (χ4v) is 3.13. The Hall–Kier alpha value is -1.30. The normalized spacial score (nSPS) is 15.9. The number of rotatable bonds is 6. The molecule has 1 heterocycles. The van der Waals surface area contributed by atoms with E-state index < -0.39 is 0 Å². The van der Waals surface area contributed by atoms with Gasteiger partial charge in [0.25, 0.3) is 0 Å². The van der Waals surface area contributed by atoms with Gasteiger partial charge in [0, 0.05) is 18.9 Å². The van der Waals surface area contributed by atoms with Gasteiger partial charge >= 0.3 is 5.97 Å². The molecule has 1 N–H and O–H groups in total. The Morgan fingerprint density at radius 2 is 2.26 bits per heavy atom. The number of carbonyl (C=O) groups excluding carboxylic acids is 1. The van der Waals surface area contributed by atoms with Crippen molar-refractivity contribution in [1.29, 1.82) is 0 Å². The van der Waals surface area contributed by atoms with Gasteiger partial charge in [0.05, 0.1) is 13.5 Å². The van der Waals surface area contributed by atoms with Crippen LogP contribution in [0, 0.1) is 12.3 Å². The molecule has 1 fully saturated rings. The van der Waals surface area contributed by atoms with E-state index in [4.69, 9.17) is 4.74 Å². The van der Waals surface area contributed by atoms with Crippen LogP contribution in [0.3, 0.4) is 0 Å². The number of esters is 1. The van der Waals surface area contributed by atoms with Crippen LogP contribution in [-0.2, 0) is 9.53 Å². The molecule has 0 unspecified atom stereocenters. The third-order valence-electron chi connectivity index (χ3n) is 3.30. The molecule has 1 saturated carbocycles. The molecular weight excluding hydrogens is 262 g/mol. The van der Waals surface area contributed by atoms with Crippen molar-refractivity contribution in [2.75, 3.05) is 25.2 Å². The minimum Gasteiger partial charge on any atom is -0.469 e. The molecule has 19 heavy (non-hydrogen) atoms. The molecule has 104 valence electrons. The summed E-state index contributed by atoms with van der Waals surface area (Å²) in [6, 6.07) is 1.94. The highest BCUT2D eigenvalue weighted by atomic mass is 32.2. The monoisotopic (exact) mass is 281 g/mol. The van der Waals surface area contributed by atoms with Gasteiger partial charge in [0.15, 0.2) is 0 Å². The second-order valence-corrected chi connectivity index (χ2v) is 5.93. The van der Waals surface area contributed by atoms with Crippen LogP contribution in [0.1, 0.15) is 25.1 Å². The van der Waals surface area contributed by atoms with Crippen LogP contribution in [0.25, 0.3) is 0 Å².